The van der Waals surface area contributed by atoms with E-state index in [2.05, 4.69) is 20.9 Å². The minimum absolute atomic E-state index is 0.0388. The van der Waals surface area contributed by atoms with Gasteiger partial charge in [0, 0.05) is 21.8 Å². The van der Waals surface area contributed by atoms with Crippen LogP contribution >= 0.6 is 15.9 Å². The Labute approximate surface area is 133 Å². The highest BCUT2D eigenvalue weighted by atomic mass is 79.9. The lowest BCUT2D eigenvalue weighted by molar-refractivity contribution is 0.103. The van der Waals surface area contributed by atoms with Gasteiger partial charge in [-0.3, -0.25) is 9.78 Å². The lowest BCUT2D eigenvalue weighted by atomic mass is 10.0. The maximum Gasteiger partial charge on any atom is 0.194 e. The van der Waals surface area contributed by atoms with E-state index in [0.717, 1.165) is 22.0 Å². The van der Waals surface area contributed by atoms with Gasteiger partial charge in [0.1, 0.15) is 5.75 Å². The second kappa shape index (κ2) is 6.85. The molecule has 0 atom stereocenters. The predicted molar refractivity (Wildman–Crippen MR) is 87.1 cm³/mol. The summed E-state index contributed by atoms with van der Waals surface area (Å²) in [7, 11) is 0. The standard InChI is InChI=1S/C17H18BrNO2/c1-4-5-21-15-8-14(9-19-10-15)17(20)13-6-11(2)16(18)12(3)7-13/h6-10H,4-5H2,1-3H3. The number of nitrogens with zero attached hydrogens (tertiary/aromatic N) is 1. The van der Waals surface area contributed by atoms with E-state index in [1.807, 2.05) is 32.9 Å². The second-order valence-electron chi connectivity index (χ2n) is 5.01. The van der Waals surface area contributed by atoms with Gasteiger partial charge >= 0.3 is 0 Å². The van der Waals surface area contributed by atoms with E-state index >= 15 is 0 Å². The summed E-state index contributed by atoms with van der Waals surface area (Å²) in [6, 6.07) is 5.52. The fourth-order valence-corrected chi connectivity index (χ4v) is 2.31. The number of aryl methyl sites for hydroxylation is 2. The van der Waals surface area contributed by atoms with Gasteiger partial charge in [-0.05, 0) is 49.6 Å². The van der Waals surface area contributed by atoms with Crippen molar-refractivity contribution in [3.8, 4) is 5.75 Å². The number of carbonyl (C=O) groups excluding carboxylic acids is 1. The third kappa shape index (κ3) is 3.70. The molecule has 4 heteroatoms. The second-order valence-corrected chi connectivity index (χ2v) is 5.80. The van der Waals surface area contributed by atoms with E-state index in [-0.39, 0.29) is 5.78 Å². The maximum absolute atomic E-state index is 12.6. The molecule has 1 aromatic heterocycles. The van der Waals surface area contributed by atoms with Crippen molar-refractivity contribution < 1.29 is 9.53 Å². The van der Waals surface area contributed by atoms with Crippen LogP contribution in [0.15, 0.2) is 35.1 Å². The maximum atomic E-state index is 12.6. The van der Waals surface area contributed by atoms with Crippen LogP contribution in [0.25, 0.3) is 0 Å². The van der Waals surface area contributed by atoms with Crippen LogP contribution in [0.4, 0.5) is 0 Å². The van der Waals surface area contributed by atoms with Crippen LogP contribution in [0.5, 0.6) is 5.75 Å². The van der Waals surface area contributed by atoms with Crippen molar-refractivity contribution in [1.29, 1.82) is 0 Å². The van der Waals surface area contributed by atoms with Crippen molar-refractivity contribution in [2.45, 2.75) is 27.2 Å². The molecule has 2 rings (SSSR count). The molecule has 0 radical (unpaired) electrons. The molecule has 0 amide bonds. The van der Waals surface area contributed by atoms with E-state index in [9.17, 15) is 4.79 Å². The molecule has 0 aliphatic heterocycles. The molecule has 0 bridgehead atoms. The molecule has 0 unspecified atom stereocenters. The molecular weight excluding hydrogens is 330 g/mol. The monoisotopic (exact) mass is 347 g/mol. The first-order valence-electron chi connectivity index (χ1n) is 6.92. The van der Waals surface area contributed by atoms with Crippen molar-refractivity contribution in [1.82, 2.24) is 4.98 Å². The average molecular weight is 348 g/mol. The van der Waals surface area contributed by atoms with Gasteiger partial charge in [0.25, 0.3) is 0 Å². The smallest absolute Gasteiger partial charge is 0.194 e. The van der Waals surface area contributed by atoms with Crippen LogP contribution in [-0.4, -0.2) is 17.4 Å². The quantitative estimate of drug-likeness (QED) is 0.748. The topological polar surface area (TPSA) is 39.2 Å². The molecule has 1 aromatic carbocycles. The zero-order valence-electron chi connectivity index (χ0n) is 12.4. The number of hydrogen-bond acceptors (Lipinski definition) is 3. The zero-order valence-corrected chi connectivity index (χ0v) is 14.0. The number of rotatable bonds is 5. The molecule has 0 saturated carbocycles. The highest BCUT2D eigenvalue weighted by Crippen LogP contribution is 2.24. The first-order chi connectivity index (χ1) is 10.0. The van der Waals surface area contributed by atoms with Crippen molar-refractivity contribution in [3.63, 3.8) is 0 Å². The zero-order chi connectivity index (χ0) is 15.4. The molecule has 0 aliphatic carbocycles. The number of benzene rings is 1. The minimum Gasteiger partial charge on any atom is -0.492 e. The van der Waals surface area contributed by atoms with Crippen LogP contribution in [-0.2, 0) is 0 Å². The summed E-state index contributed by atoms with van der Waals surface area (Å²) >= 11 is 3.52. The predicted octanol–water partition coefficient (Wildman–Crippen LogP) is 4.48. The van der Waals surface area contributed by atoms with Gasteiger partial charge in [-0.25, -0.2) is 0 Å². The highest BCUT2D eigenvalue weighted by Gasteiger charge is 2.13. The Kier molecular flexibility index (Phi) is 5.12. The number of aromatic nitrogens is 1. The Morgan fingerprint density at radius 3 is 2.43 bits per heavy atom. The van der Waals surface area contributed by atoms with E-state index in [1.165, 1.54) is 0 Å². The third-order valence-corrected chi connectivity index (χ3v) is 4.40. The normalized spacial score (nSPS) is 10.5. The van der Waals surface area contributed by atoms with Crippen LogP contribution in [0.3, 0.4) is 0 Å². The summed E-state index contributed by atoms with van der Waals surface area (Å²) in [5.41, 5.74) is 3.31. The fourth-order valence-electron chi connectivity index (χ4n) is 2.09. The summed E-state index contributed by atoms with van der Waals surface area (Å²) in [5.74, 6) is 0.594. The van der Waals surface area contributed by atoms with E-state index in [1.54, 1.807) is 18.5 Å². The summed E-state index contributed by atoms with van der Waals surface area (Å²) in [4.78, 5) is 16.7. The molecule has 3 nitrogen and oxygen atoms in total. The van der Waals surface area contributed by atoms with Crippen molar-refractivity contribution in [2.24, 2.45) is 0 Å². The Hall–Kier alpha value is -1.68. The fraction of sp³-hybridized carbons (Fsp3) is 0.294. The van der Waals surface area contributed by atoms with E-state index in [4.69, 9.17) is 4.74 Å². The minimum atomic E-state index is -0.0388. The van der Waals surface area contributed by atoms with Gasteiger partial charge < -0.3 is 4.74 Å². The molecule has 0 N–H and O–H groups in total. The molecule has 2 aromatic rings. The van der Waals surface area contributed by atoms with Gasteiger partial charge in [0.15, 0.2) is 5.78 Å². The molecular formula is C17H18BrNO2. The number of ketones is 1. The number of halogens is 1. The van der Waals surface area contributed by atoms with E-state index < -0.39 is 0 Å². The largest absolute Gasteiger partial charge is 0.492 e. The van der Waals surface area contributed by atoms with Crippen LogP contribution in [0, 0.1) is 13.8 Å². The van der Waals surface area contributed by atoms with Gasteiger partial charge in [0.2, 0.25) is 0 Å². The summed E-state index contributed by atoms with van der Waals surface area (Å²) < 4.78 is 6.57. The Morgan fingerprint density at radius 1 is 1.14 bits per heavy atom. The molecule has 110 valence electrons. The van der Waals surface area contributed by atoms with Crippen LogP contribution in [0.1, 0.15) is 40.4 Å². The van der Waals surface area contributed by atoms with Gasteiger partial charge in [-0.2, -0.15) is 0 Å². The van der Waals surface area contributed by atoms with E-state index in [0.29, 0.717) is 23.5 Å². The molecule has 0 spiro atoms. The van der Waals surface area contributed by atoms with Gasteiger partial charge in [-0.15, -0.1) is 0 Å². The Morgan fingerprint density at radius 2 is 1.81 bits per heavy atom. The van der Waals surface area contributed by atoms with Crippen molar-refractivity contribution in [2.75, 3.05) is 6.61 Å². The van der Waals surface area contributed by atoms with Gasteiger partial charge in [0.05, 0.1) is 12.8 Å². The molecule has 21 heavy (non-hydrogen) atoms. The third-order valence-electron chi connectivity index (χ3n) is 3.15. The van der Waals surface area contributed by atoms with Crippen LogP contribution in [0.2, 0.25) is 0 Å². The Balaban J connectivity index is 2.31. The average Bonchev–Trinajstić information content (AvgIpc) is 2.49. The van der Waals surface area contributed by atoms with Crippen LogP contribution < -0.4 is 4.74 Å². The lowest BCUT2D eigenvalue weighted by Gasteiger charge is -2.09. The number of pyridine rings is 1. The number of carbonyl (C=O) groups is 1. The molecule has 0 fully saturated rings. The van der Waals surface area contributed by atoms with Gasteiger partial charge in [-0.1, -0.05) is 22.9 Å². The summed E-state index contributed by atoms with van der Waals surface area (Å²) in [6.45, 7) is 6.62. The molecule has 0 saturated heterocycles. The Bertz CT molecular complexity index is 645. The number of ether oxygens (including phenoxy) is 1. The summed E-state index contributed by atoms with van der Waals surface area (Å²) in [5, 5.41) is 0. The molecule has 1 heterocycles. The first-order valence-corrected chi connectivity index (χ1v) is 7.71. The van der Waals surface area contributed by atoms with Crippen molar-refractivity contribution >= 4 is 21.7 Å². The first kappa shape index (κ1) is 15.7. The lowest BCUT2D eigenvalue weighted by Crippen LogP contribution is -2.04. The highest BCUT2D eigenvalue weighted by molar-refractivity contribution is 9.10. The summed E-state index contributed by atoms with van der Waals surface area (Å²) in [6.07, 6.45) is 4.13. The SMILES string of the molecule is CCCOc1cncc(C(=O)c2cc(C)c(Br)c(C)c2)c1. The molecule has 0 aliphatic rings. The number of hydrogen-bond donors (Lipinski definition) is 0. The van der Waals surface area contributed by atoms with Crippen molar-refractivity contribution in [3.05, 3.63) is 57.3 Å².